The minimum absolute atomic E-state index is 0.167. The minimum Gasteiger partial charge on any atom is -0.457 e. The second-order valence-electron chi connectivity index (χ2n) is 18.7. The maximum atomic E-state index is 12.3. The largest absolute Gasteiger partial charge is 0.457 e. The quantitative estimate of drug-likeness (QED) is 0.0376. The third-order valence-corrected chi connectivity index (χ3v) is 12.5. The summed E-state index contributed by atoms with van der Waals surface area (Å²) in [5.74, 6) is -0.196. The van der Waals surface area contributed by atoms with Crippen LogP contribution < -0.4 is 0 Å². The molecule has 4 heteroatoms. The molecule has 0 spiro atoms. The highest BCUT2D eigenvalue weighted by molar-refractivity contribution is 5.69. The van der Waals surface area contributed by atoms with Gasteiger partial charge in [-0.05, 0) is 44.9 Å². The lowest BCUT2D eigenvalue weighted by Crippen LogP contribution is -2.27. The molecule has 1 atom stereocenters. The molecule has 60 heavy (non-hydrogen) atoms. The molecule has 0 aromatic heterocycles. The molecule has 4 nitrogen and oxygen atoms in total. The zero-order valence-electron chi connectivity index (χ0n) is 41.0. The molecule has 0 radical (unpaired) electrons. The van der Waals surface area contributed by atoms with Crippen molar-refractivity contribution in [1.29, 1.82) is 0 Å². The van der Waals surface area contributed by atoms with E-state index in [-0.39, 0.29) is 12.6 Å². The molecule has 0 amide bonds. The maximum absolute atomic E-state index is 12.3. The molecule has 0 aliphatic heterocycles. The molecule has 0 aliphatic carbocycles. The summed E-state index contributed by atoms with van der Waals surface area (Å²) in [6.07, 6.45) is 68.6. The third-order valence-electron chi connectivity index (χ3n) is 12.5. The standard InChI is InChI=1S/C56H108O4/c1-3-5-7-9-11-13-15-17-19-21-23-25-27-28-30-32-34-36-38-40-42-44-46-48-50-52-59-54-55(53-57)60-56(58)51-49-47-45-43-41-39-37-35-33-31-29-26-24-22-20-18-16-14-12-10-8-6-4-2/h16,18,22,24,55,57H,3-15,17,19-21,23,25-54H2,1-2H3/b18-16-,24-22-. The Labute approximate surface area is 377 Å². The van der Waals surface area contributed by atoms with Gasteiger partial charge in [0, 0.05) is 13.0 Å². The topological polar surface area (TPSA) is 55.8 Å². The molecule has 0 aromatic rings. The lowest BCUT2D eigenvalue weighted by molar-refractivity contribution is -0.154. The average Bonchev–Trinajstić information content (AvgIpc) is 3.25. The Bertz CT molecular complexity index is 852. The zero-order valence-corrected chi connectivity index (χ0v) is 41.0. The Balaban J connectivity index is 3.35. The second kappa shape index (κ2) is 54.0. The first-order valence-electron chi connectivity index (χ1n) is 27.4. The SMILES string of the molecule is CCCCCCC/C=C\C/C=C\CCCCCCCCCCCCCC(=O)OC(CO)COCCCCCCCCCCCCCCCCCCCCCCCCCCC. The van der Waals surface area contributed by atoms with E-state index in [1.807, 2.05) is 0 Å². The maximum Gasteiger partial charge on any atom is 0.306 e. The molecule has 0 heterocycles. The first-order valence-corrected chi connectivity index (χ1v) is 27.4. The molecule has 1 N–H and O–H groups in total. The summed E-state index contributed by atoms with van der Waals surface area (Å²) in [6.45, 7) is 5.39. The number of aliphatic hydroxyl groups excluding tert-OH is 1. The lowest BCUT2D eigenvalue weighted by Gasteiger charge is -2.16. The number of allylic oxidation sites excluding steroid dienone is 4. The van der Waals surface area contributed by atoms with Crippen LogP contribution in [-0.4, -0.2) is 37.0 Å². The first-order chi connectivity index (χ1) is 29.7. The summed E-state index contributed by atoms with van der Waals surface area (Å²) in [6, 6.07) is 0. The van der Waals surface area contributed by atoms with Crippen molar-refractivity contribution < 1.29 is 19.4 Å². The fourth-order valence-electron chi connectivity index (χ4n) is 8.42. The highest BCUT2D eigenvalue weighted by Crippen LogP contribution is 2.17. The molecule has 0 aromatic carbocycles. The summed E-state index contributed by atoms with van der Waals surface area (Å²) >= 11 is 0. The van der Waals surface area contributed by atoms with Gasteiger partial charge in [-0.15, -0.1) is 0 Å². The smallest absolute Gasteiger partial charge is 0.306 e. The molecule has 1 unspecified atom stereocenters. The predicted molar refractivity (Wildman–Crippen MR) is 265 cm³/mol. The number of esters is 1. The van der Waals surface area contributed by atoms with Crippen molar-refractivity contribution in [3.8, 4) is 0 Å². The van der Waals surface area contributed by atoms with Crippen LogP contribution in [0.15, 0.2) is 24.3 Å². The van der Waals surface area contributed by atoms with Gasteiger partial charge in [0.25, 0.3) is 0 Å². The number of rotatable bonds is 52. The van der Waals surface area contributed by atoms with Gasteiger partial charge in [0.1, 0.15) is 6.10 Å². The zero-order chi connectivity index (χ0) is 43.3. The van der Waals surface area contributed by atoms with Crippen LogP contribution in [0.25, 0.3) is 0 Å². The highest BCUT2D eigenvalue weighted by Gasteiger charge is 2.13. The molecule has 0 saturated heterocycles. The third kappa shape index (κ3) is 51.2. The monoisotopic (exact) mass is 845 g/mol. The molecule has 0 rings (SSSR count). The minimum atomic E-state index is -0.532. The van der Waals surface area contributed by atoms with Crippen LogP contribution in [0.4, 0.5) is 0 Å². The molecule has 0 saturated carbocycles. The van der Waals surface area contributed by atoms with Crippen LogP contribution in [0.5, 0.6) is 0 Å². The van der Waals surface area contributed by atoms with Crippen LogP contribution in [0.1, 0.15) is 303 Å². The van der Waals surface area contributed by atoms with Gasteiger partial charge in [-0.25, -0.2) is 0 Å². The van der Waals surface area contributed by atoms with Gasteiger partial charge in [-0.3, -0.25) is 4.79 Å². The fraction of sp³-hybridized carbons (Fsp3) is 0.911. The van der Waals surface area contributed by atoms with E-state index in [4.69, 9.17) is 9.47 Å². The highest BCUT2D eigenvalue weighted by atomic mass is 16.6. The van der Waals surface area contributed by atoms with Gasteiger partial charge in [0.2, 0.25) is 0 Å². The van der Waals surface area contributed by atoms with Crippen LogP contribution in [0.2, 0.25) is 0 Å². The normalized spacial score (nSPS) is 12.4. The Kier molecular flexibility index (Phi) is 53.0. The van der Waals surface area contributed by atoms with Gasteiger partial charge >= 0.3 is 5.97 Å². The Hall–Kier alpha value is -1.13. The van der Waals surface area contributed by atoms with E-state index in [2.05, 4.69) is 38.2 Å². The van der Waals surface area contributed by atoms with Crippen LogP contribution in [0.3, 0.4) is 0 Å². The van der Waals surface area contributed by atoms with E-state index in [1.165, 1.54) is 257 Å². The Morgan fingerprint density at radius 3 is 1.03 bits per heavy atom. The number of hydrogen-bond acceptors (Lipinski definition) is 4. The van der Waals surface area contributed by atoms with Crippen LogP contribution in [0, 0.1) is 0 Å². The number of unbranched alkanes of at least 4 members (excludes halogenated alkanes) is 40. The molecule has 0 fully saturated rings. The van der Waals surface area contributed by atoms with E-state index < -0.39 is 6.10 Å². The fourth-order valence-corrected chi connectivity index (χ4v) is 8.42. The van der Waals surface area contributed by atoms with Gasteiger partial charge < -0.3 is 14.6 Å². The average molecular weight is 845 g/mol. The van der Waals surface area contributed by atoms with Crippen molar-refractivity contribution >= 4 is 5.97 Å². The van der Waals surface area contributed by atoms with E-state index in [0.717, 1.165) is 25.7 Å². The molecule has 356 valence electrons. The second-order valence-corrected chi connectivity index (χ2v) is 18.7. The molecule has 0 bridgehead atoms. The van der Waals surface area contributed by atoms with Gasteiger partial charge in [0.05, 0.1) is 13.2 Å². The van der Waals surface area contributed by atoms with Crippen LogP contribution in [-0.2, 0) is 14.3 Å². The summed E-state index contributed by atoms with van der Waals surface area (Å²) in [5.41, 5.74) is 0. The lowest BCUT2D eigenvalue weighted by atomic mass is 10.0. The van der Waals surface area contributed by atoms with Crippen molar-refractivity contribution in [3.63, 3.8) is 0 Å². The molecular formula is C56H108O4. The molecular weight excluding hydrogens is 737 g/mol. The van der Waals surface area contributed by atoms with E-state index in [9.17, 15) is 9.90 Å². The summed E-state index contributed by atoms with van der Waals surface area (Å²) in [7, 11) is 0. The van der Waals surface area contributed by atoms with Gasteiger partial charge in [-0.1, -0.05) is 276 Å². The predicted octanol–water partition coefficient (Wildman–Crippen LogP) is 18.6. The number of aliphatic hydroxyl groups is 1. The number of carbonyl (C=O) groups is 1. The summed E-state index contributed by atoms with van der Waals surface area (Å²) in [4.78, 5) is 12.3. The van der Waals surface area contributed by atoms with E-state index in [1.54, 1.807) is 0 Å². The number of hydrogen-bond donors (Lipinski definition) is 1. The Morgan fingerprint density at radius 1 is 0.400 bits per heavy atom. The summed E-state index contributed by atoms with van der Waals surface area (Å²) in [5, 5.41) is 9.67. The Morgan fingerprint density at radius 2 is 0.700 bits per heavy atom. The van der Waals surface area contributed by atoms with Crippen molar-refractivity contribution in [2.75, 3.05) is 19.8 Å². The van der Waals surface area contributed by atoms with E-state index >= 15 is 0 Å². The molecule has 0 aliphatic rings. The van der Waals surface area contributed by atoms with Crippen molar-refractivity contribution in [3.05, 3.63) is 24.3 Å². The van der Waals surface area contributed by atoms with Crippen molar-refractivity contribution in [1.82, 2.24) is 0 Å². The van der Waals surface area contributed by atoms with Crippen molar-refractivity contribution in [2.45, 2.75) is 309 Å². The van der Waals surface area contributed by atoms with Crippen LogP contribution >= 0.6 is 0 Å². The van der Waals surface area contributed by atoms with Crippen molar-refractivity contribution in [2.24, 2.45) is 0 Å². The first kappa shape index (κ1) is 58.9. The number of ether oxygens (including phenoxy) is 2. The number of carbonyl (C=O) groups excluding carboxylic acids is 1. The van der Waals surface area contributed by atoms with Gasteiger partial charge in [-0.2, -0.15) is 0 Å². The van der Waals surface area contributed by atoms with Gasteiger partial charge in [0.15, 0.2) is 0 Å². The summed E-state index contributed by atoms with van der Waals surface area (Å²) < 4.78 is 11.2. The van der Waals surface area contributed by atoms with E-state index in [0.29, 0.717) is 19.6 Å².